The van der Waals surface area contributed by atoms with Crippen LogP contribution in [0.3, 0.4) is 0 Å². The number of imidazole rings is 1. The van der Waals surface area contributed by atoms with Crippen molar-refractivity contribution >= 4 is 15.9 Å². The first-order valence-corrected chi connectivity index (χ1v) is 9.47. The summed E-state index contributed by atoms with van der Waals surface area (Å²) < 4.78 is 33.9. The molecule has 3 rings (SSSR count). The quantitative estimate of drug-likeness (QED) is 0.909. The van der Waals surface area contributed by atoms with Crippen molar-refractivity contribution in [2.45, 2.75) is 51.2 Å². The molecule has 0 saturated carbocycles. The molecule has 0 spiro atoms. The first-order chi connectivity index (χ1) is 11.3. The van der Waals surface area contributed by atoms with Gasteiger partial charge >= 0.3 is 0 Å². The van der Waals surface area contributed by atoms with Gasteiger partial charge in [-0.05, 0) is 25.5 Å². The van der Waals surface area contributed by atoms with Crippen molar-refractivity contribution in [3.05, 3.63) is 35.6 Å². The average Bonchev–Trinajstić information content (AvgIpc) is 3.12. The Morgan fingerprint density at radius 2 is 2.21 bits per heavy atom. The van der Waals surface area contributed by atoms with E-state index in [1.54, 1.807) is 6.07 Å². The molecule has 24 heavy (non-hydrogen) atoms. The smallest absolute Gasteiger partial charge is 0.297 e. The second kappa shape index (κ2) is 6.08. The number of furan rings is 1. The van der Waals surface area contributed by atoms with Gasteiger partial charge in [-0.15, -0.1) is 0 Å². The SMILES string of the molecule is CCc1ccc(S(=O)(=O)NC(=O)[C@@H]2C[C@H](C)c3nc(C)cn3C2)o1. The standard InChI is InChI=1S/C16H21N3O4S/c1-4-13-5-6-14(23-13)24(21,22)18-16(20)12-7-10(2)15-17-11(3)8-19(15)9-12/h5-6,8,10,12H,4,7,9H2,1-3H3,(H,18,20)/t10-,12+/m0/s1. The summed E-state index contributed by atoms with van der Waals surface area (Å²) in [6.07, 6.45) is 3.04. The van der Waals surface area contributed by atoms with Crippen LogP contribution >= 0.6 is 0 Å². The topological polar surface area (TPSA) is 94.2 Å². The van der Waals surface area contributed by atoms with Crippen LogP contribution in [0.5, 0.6) is 0 Å². The summed E-state index contributed by atoms with van der Waals surface area (Å²) >= 11 is 0. The molecule has 0 aromatic carbocycles. The van der Waals surface area contributed by atoms with Gasteiger partial charge in [0.25, 0.3) is 10.0 Å². The summed E-state index contributed by atoms with van der Waals surface area (Å²) in [6, 6.07) is 2.97. The van der Waals surface area contributed by atoms with Gasteiger partial charge in [-0.1, -0.05) is 13.8 Å². The highest BCUT2D eigenvalue weighted by molar-refractivity contribution is 7.89. The van der Waals surface area contributed by atoms with Crippen molar-refractivity contribution in [2.75, 3.05) is 0 Å². The number of aromatic nitrogens is 2. The molecule has 0 bridgehead atoms. The minimum Gasteiger partial charge on any atom is -0.448 e. The van der Waals surface area contributed by atoms with E-state index in [1.165, 1.54) is 6.07 Å². The third kappa shape index (κ3) is 3.10. The van der Waals surface area contributed by atoms with Crippen molar-refractivity contribution in [1.82, 2.24) is 14.3 Å². The molecule has 2 aromatic rings. The lowest BCUT2D eigenvalue weighted by Gasteiger charge is -2.27. The Labute approximate surface area is 141 Å². The van der Waals surface area contributed by atoms with E-state index in [0.717, 1.165) is 11.5 Å². The normalized spacial score (nSPS) is 20.6. The second-order valence-corrected chi connectivity index (χ2v) is 7.88. The first-order valence-electron chi connectivity index (χ1n) is 7.99. The summed E-state index contributed by atoms with van der Waals surface area (Å²) in [6.45, 7) is 6.19. The molecule has 0 aliphatic carbocycles. The second-order valence-electron chi connectivity index (χ2n) is 6.27. The minimum atomic E-state index is -3.98. The van der Waals surface area contributed by atoms with E-state index in [2.05, 4.69) is 9.71 Å². The molecule has 2 aromatic heterocycles. The van der Waals surface area contributed by atoms with Gasteiger partial charge in [0.05, 0.1) is 11.6 Å². The van der Waals surface area contributed by atoms with Gasteiger partial charge in [0, 0.05) is 25.1 Å². The maximum atomic E-state index is 12.5. The number of aryl methyl sites for hydroxylation is 2. The third-order valence-electron chi connectivity index (χ3n) is 4.28. The molecule has 1 aliphatic heterocycles. The Morgan fingerprint density at radius 1 is 1.46 bits per heavy atom. The number of fused-ring (bicyclic) bond motifs is 1. The van der Waals surface area contributed by atoms with E-state index in [0.29, 0.717) is 25.1 Å². The van der Waals surface area contributed by atoms with E-state index >= 15 is 0 Å². The van der Waals surface area contributed by atoms with Gasteiger partial charge in [-0.3, -0.25) is 4.79 Å². The van der Waals surface area contributed by atoms with E-state index in [4.69, 9.17) is 4.42 Å². The molecular formula is C16H21N3O4S. The molecule has 0 saturated heterocycles. The number of hydrogen-bond acceptors (Lipinski definition) is 5. The van der Waals surface area contributed by atoms with Crippen LogP contribution in [0.4, 0.5) is 0 Å². The van der Waals surface area contributed by atoms with Crippen LogP contribution in [-0.4, -0.2) is 23.9 Å². The average molecular weight is 351 g/mol. The van der Waals surface area contributed by atoms with E-state index < -0.39 is 21.8 Å². The molecule has 8 heteroatoms. The molecular weight excluding hydrogens is 330 g/mol. The molecule has 0 unspecified atom stereocenters. The van der Waals surface area contributed by atoms with Gasteiger partial charge < -0.3 is 8.98 Å². The first kappa shape index (κ1) is 16.8. The van der Waals surface area contributed by atoms with Crippen LogP contribution in [0.1, 0.15) is 43.5 Å². The lowest BCUT2D eigenvalue weighted by atomic mass is 9.91. The summed E-state index contributed by atoms with van der Waals surface area (Å²) in [5.41, 5.74) is 0.896. The summed E-state index contributed by atoms with van der Waals surface area (Å²) in [5.74, 6) is 0.677. The number of carbonyl (C=O) groups is 1. The highest BCUT2D eigenvalue weighted by Crippen LogP contribution is 2.30. The fourth-order valence-electron chi connectivity index (χ4n) is 3.10. The predicted molar refractivity (Wildman–Crippen MR) is 86.9 cm³/mol. The largest absolute Gasteiger partial charge is 0.448 e. The van der Waals surface area contributed by atoms with Gasteiger partial charge in [0.15, 0.2) is 0 Å². The summed E-state index contributed by atoms with van der Waals surface area (Å²) in [5, 5.41) is -0.226. The Hall–Kier alpha value is -2.09. The van der Waals surface area contributed by atoms with Crippen LogP contribution in [-0.2, 0) is 27.8 Å². The van der Waals surface area contributed by atoms with Crippen molar-refractivity contribution in [1.29, 1.82) is 0 Å². The van der Waals surface area contributed by atoms with Crippen LogP contribution in [0.15, 0.2) is 27.8 Å². The third-order valence-corrected chi connectivity index (χ3v) is 5.50. The predicted octanol–water partition coefficient (Wildman–Crippen LogP) is 1.98. The van der Waals surface area contributed by atoms with Gasteiger partial charge in [-0.25, -0.2) is 9.71 Å². The summed E-state index contributed by atoms with van der Waals surface area (Å²) in [7, 11) is -3.98. The van der Waals surface area contributed by atoms with E-state index in [9.17, 15) is 13.2 Å². The van der Waals surface area contributed by atoms with Gasteiger partial charge in [0.1, 0.15) is 11.6 Å². The van der Waals surface area contributed by atoms with Crippen LogP contribution in [0.2, 0.25) is 0 Å². The molecule has 0 fully saturated rings. The molecule has 2 atom stereocenters. The molecule has 1 amide bonds. The minimum absolute atomic E-state index is 0.0983. The molecule has 0 radical (unpaired) electrons. The number of sulfonamides is 1. The van der Waals surface area contributed by atoms with Gasteiger partial charge in [0.2, 0.25) is 11.0 Å². The van der Waals surface area contributed by atoms with Crippen molar-refractivity contribution in [2.24, 2.45) is 5.92 Å². The number of nitrogens with one attached hydrogen (secondary N) is 1. The number of amides is 1. The Morgan fingerprint density at radius 3 is 2.88 bits per heavy atom. The van der Waals surface area contributed by atoms with Crippen molar-refractivity contribution in [3.8, 4) is 0 Å². The lowest BCUT2D eigenvalue weighted by molar-refractivity contribution is -0.124. The van der Waals surface area contributed by atoms with Crippen LogP contribution < -0.4 is 4.72 Å². The zero-order chi connectivity index (χ0) is 17.5. The van der Waals surface area contributed by atoms with Crippen LogP contribution in [0.25, 0.3) is 0 Å². The highest BCUT2D eigenvalue weighted by atomic mass is 32.2. The van der Waals surface area contributed by atoms with E-state index in [-0.39, 0.29) is 11.0 Å². The zero-order valence-electron chi connectivity index (χ0n) is 13.9. The Bertz CT molecular complexity index is 866. The number of nitrogens with zero attached hydrogens (tertiary/aromatic N) is 2. The zero-order valence-corrected chi connectivity index (χ0v) is 14.8. The molecule has 7 nitrogen and oxygen atoms in total. The van der Waals surface area contributed by atoms with Crippen molar-refractivity contribution < 1.29 is 17.6 Å². The molecule has 1 aliphatic rings. The summed E-state index contributed by atoms with van der Waals surface area (Å²) in [4.78, 5) is 16.9. The molecule has 3 heterocycles. The monoisotopic (exact) mass is 351 g/mol. The maximum absolute atomic E-state index is 12.5. The highest BCUT2D eigenvalue weighted by Gasteiger charge is 2.33. The van der Waals surface area contributed by atoms with Gasteiger partial charge in [-0.2, -0.15) is 8.42 Å². The van der Waals surface area contributed by atoms with Crippen molar-refractivity contribution in [3.63, 3.8) is 0 Å². The number of rotatable bonds is 4. The number of hydrogen-bond donors (Lipinski definition) is 1. The van der Waals surface area contributed by atoms with Crippen LogP contribution in [0, 0.1) is 12.8 Å². The Balaban J connectivity index is 1.75. The fraction of sp³-hybridized carbons (Fsp3) is 0.500. The lowest BCUT2D eigenvalue weighted by Crippen LogP contribution is -2.39. The maximum Gasteiger partial charge on any atom is 0.297 e. The molecule has 1 N–H and O–H groups in total. The van der Waals surface area contributed by atoms with E-state index in [1.807, 2.05) is 31.5 Å². The number of carbonyl (C=O) groups excluding carboxylic acids is 1. The Kier molecular flexibility index (Phi) is 4.25. The fourth-order valence-corrected chi connectivity index (χ4v) is 4.09. The molecule has 130 valence electrons.